The van der Waals surface area contributed by atoms with Crippen molar-refractivity contribution in [1.29, 1.82) is 0 Å². The Balaban J connectivity index is 1.90. The summed E-state index contributed by atoms with van der Waals surface area (Å²) < 4.78 is 5.61. The van der Waals surface area contributed by atoms with Crippen LogP contribution in [0.15, 0.2) is 4.42 Å². The van der Waals surface area contributed by atoms with E-state index in [0.29, 0.717) is 17.9 Å². The van der Waals surface area contributed by atoms with Gasteiger partial charge in [-0.15, -0.1) is 5.10 Å². The molecule has 2 N–H and O–H groups in total. The molecule has 1 aliphatic carbocycles. The summed E-state index contributed by atoms with van der Waals surface area (Å²) in [5.74, 6) is 1.49. The third-order valence-corrected chi connectivity index (χ3v) is 3.83. The van der Waals surface area contributed by atoms with Gasteiger partial charge in [-0.25, -0.2) is 0 Å². The van der Waals surface area contributed by atoms with E-state index in [4.69, 9.17) is 4.42 Å². The van der Waals surface area contributed by atoms with Crippen molar-refractivity contribution in [2.45, 2.75) is 58.0 Å². The zero-order valence-corrected chi connectivity index (χ0v) is 11.6. The van der Waals surface area contributed by atoms with Crippen LogP contribution in [0, 0.1) is 5.92 Å². The van der Waals surface area contributed by atoms with Crippen LogP contribution in [0.25, 0.3) is 0 Å². The van der Waals surface area contributed by atoms with Gasteiger partial charge < -0.3 is 15.1 Å². The number of rotatable bonds is 4. The average Bonchev–Trinajstić information content (AvgIpc) is 2.73. The largest absolute Gasteiger partial charge is 0.406 e. The Morgan fingerprint density at radius 3 is 2.83 bits per heavy atom. The molecule has 102 valence electrons. The van der Waals surface area contributed by atoms with Gasteiger partial charge in [-0.1, -0.05) is 24.9 Å². The molecule has 1 saturated carbocycles. The maximum Gasteiger partial charge on any atom is 0.315 e. The number of anilines is 1. The Labute approximate surface area is 109 Å². The maximum absolute atomic E-state index is 5.61. The second-order valence-electron chi connectivity index (χ2n) is 5.41. The van der Waals surface area contributed by atoms with Crippen LogP contribution >= 0.6 is 0 Å². The molecule has 0 aromatic carbocycles. The van der Waals surface area contributed by atoms with E-state index in [0.717, 1.165) is 5.92 Å². The summed E-state index contributed by atoms with van der Waals surface area (Å²) in [6.07, 6.45) is 6.30. The Hall–Kier alpha value is -1.10. The Bertz CT molecular complexity index is 366. The molecule has 1 aromatic rings. The third kappa shape index (κ3) is 3.45. The molecule has 0 saturated heterocycles. The highest BCUT2D eigenvalue weighted by Gasteiger charge is 2.19. The predicted molar refractivity (Wildman–Crippen MR) is 71.4 cm³/mol. The molecule has 0 bridgehead atoms. The minimum absolute atomic E-state index is 0.0993. The first kappa shape index (κ1) is 13.3. The number of aromatic nitrogens is 2. The van der Waals surface area contributed by atoms with E-state index in [2.05, 4.69) is 27.8 Å². The molecule has 0 radical (unpaired) electrons. The van der Waals surface area contributed by atoms with Crippen molar-refractivity contribution in [3.05, 3.63) is 5.89 Å². The fourth-order valence-corrected chi connectivity index (χ4v) is 2.40. The summed E-state index contributed by atoms with van der Waals surface area (Å²) >= 11 is 0. The second kappa shape index (κ2) is 6.18. The van der Waals surface area contributed by atoms with Crippen molar-refractivity contribution >= 4 is 6.01 Å². The van der Waals surface area contributed by atoms with Crippen molar-refractivity contribution < 1.29 is 4.42 Å². The number of nitrogens with one attached hydrogen (secondary N) is 2. The van der Waals surface area contributed by atoms with Gasteiger partial charge in [0, 0.05) is 6.04 Å². The van der Waals surface area contributed by atoms with E-state index in [9.17, 15) is 0 Å². The first-order chi connectivity index (χ1) is 8.69. The van der Waals surface area contributed by atoms with Crippen LogP contribution in [-0.2, 0) is 0 Å². The predicted octanol–water partition coefficient (Wildman–Crippen LogP) is 2.73. The lowest BCUT2D eigenvalue weighted by Crippen LogP contribution is -2.18. The standard InChI is InChI=1S/C13H24N4O/c1-9-5-4-6-11(8-7-9)15-13-17-16-12(18-13)10(2)14-3/h9-11,14H,4-8H2,1-3H3,(H,15,17). The molecule has 18 heavy (non-hydrogen) atoms. The van der Waals surface area contributed by atoms with Gasteiger partial charge in [-0.2, -0.15) is 0 Å². The maximum atomic E-state index is 5.61. The normalized spacial score (nSPS) is 26.6. The van der Waals surface area contributed by atoms with Crippen molar-refractivity contribution in [2.75, 3.05) is 12.4 Å². The van der Waals surface area contributed by atoms with E-state index in [1.54, 1.807) is 0 Å². The molecular formula is C13H24N4O. The van der Waals surface area contributed by atoms with Gasteiger partial charge in [0.05, 0.1) is 6.04 Å². The number of nitrogens with zero attached hydrogens (tertiary/aromatic N) is 2. The molecule has 5 nitrogen and oxygen atoms in total. The highest BCUT2D eigenvalue weighted by atomic mass is 16.4. The van der Waals surface area contributed by atoms with Crippen molar-refractivity contribution in [3.8, 4) is 0 Å². The first-order valence-electron chi connectivity index (χ1n) is 6.96. The molecule has 3 atom stereocenters. The van der Waals surface area contributed by atoms with Crippen LogP contribution in [0.2, 0.25) is 0 Å². The molecule has 5 heteroatoms. The summed E-state index contributed by atoms with van der Waals surface area (Å²) in [6, 6.07) is 1.14. The fraction of sp³-hybridized carbons (Fsp3) is 0.846. The molecule has 1 fully saturated rings. The van der Waals surface area contributed by atoms with Crippen LogP contribution in [0.5, 0.6) is 0 Å². The minimum atomic E-state index is 0.0993. The van der Waals surface area contributed by atoms with Gasteiger partial charge in [-0.05, 0) is 39.2 Å². The van der Waals surface area contributed by atoms with E-state index < -0.39 is 0 Å². The van der Waals surface area contributed by atoms with Crippen molar-refractivity contribution in [2.24, 2.45) is 5.92 Å². The Kier molecular flexibility index (Phi) is 4.58. The quantitative estimate of drug-likeness (QED) is 0.807. The number of hydrogen-bond acceptors (Lipinski definition) is 5. The average molecular weight is 252 g/mol. The monoisotopic (exact) mass is 252 g/mol. The van der Waals surface area contributed by atoms with Gasteiger partial charge in [-0.3, -0.25) is 0 Å². The molecule has 0 aliphatic heterocycles. The Morgan fingerprint density at radius 2 is 2.06 bits per heavy atom. The Morgan fingerprint density at radius 1 is 1.22 bits per heavy atom. The molecule has 2 rings (SSSR count). The summed E-state index contributed by atoms with van der Waals surface area (Å²) in [7, 11) is 1.88. The second-order valence-corrected chi connectivity index (χ2v) is 5.41. The van der Waals surface area contributed by atoms with Crippen LogP contribution < -0.4 is 10.6 Å². The van der Waals surface area contributed by atoms with E-state index in [-0.39, 0.29) is 6.04 Å². The molecule has 1 heterocycles. The topological polar surface area (TPSA) is 63.0 Å². The van der Waals surface area contributed by atoms with Gasteiger partial charge in [0.25, 0.3) is 0 Å². The zero-order valence-electron chi connectivity index (χ0n) is 11.6. The summed E-state index contributed by atoms with van der Waals surface area (Å²) in [5.41, 5.74) is 0. The lowest BCUT2D eigenvalue weighted by molar-refractivity contribution is 0.435. The smallest absolute Gasteiger partial charge is 0.315 e. The van der Waals surface area contributed by atoms with Gasteiger partial charge >= 0.3 is 6.01 Å². The summed E-state index contributed by atoms with van der Waals surface area (Å²) in [5, 5.41) is 14.6. The zero-order chi connectivity index (χ0) is 13.0. The van der Waals surface area contributed by atoms with Gasteiger partial charge in [0.15, 0.2) is 0 Å². The fourth-order valence-electron chi connectivity index (χ4n) is 2.40. The summed E-state index contributed by atoms with van der Waals surface area (Å²) in [6.45, 7) is 4.34. The van der Waals surface area contributed by atoms with E-state index in [1.165, 1.54) is 32.1 Å². The van der Waals surface area contributed by atoms with Crippen LogP contribution in [-0.4, -0.2) is 23.3 Å². The molecule has 0 amide bonds. The SMILES string of the molecule is CNC(C)c1nnc(NC2CCCC(C)CC2)o1. The van der Waals surface area contributed by atoms with Gasteiger partial charge in [0.2, 0.25) is 5.89 Å². The highest BCUT2D eigenvalue weighted by molar-refractivity contribution is 5.19. The lowest BCUT2D eigenvalue weighted by Gasteiger charge is -2.14. The molecule has 3 unspecified atom stereocenters. The molecular weight excluding hydrogens is 228 g/mol. The molecule has 1 aliphatic rings. The molecule has 0 spiro atoms. The lowest BCUT2D eigenvalue weighted by atomic mass is 10.0. The third-order valence-electron chi connectivity index (χ3n) is 3.83. The summed E-state index contributed by atoms with van der Waals surface area (Å²) in [4.78, 5) is 0. The van der Waals surface area contributed by atoms with E-state index >= 15 is 0 Å². The minimum Gasteiger partial charge on any atom is -0.406 e. The van der Waals surface area contributed by atoms with Crippen LogP contribution in [0.4, 0.5) is 6.01 Å². The van der Waals surface area contributed by atoms with Crippen LogP contribution in [0.3, 0.4) is 0 Å². The van der Waals surface area contributed by atoms with Crippen molar-refractivity contribution in [1.82, 2.24) is 15.5 Å². The molecule has 1 aromatic heterocycles. The van der Waals surface area contributed by atoms with Crippen molar-refractivity contribution in [3.63, 3.8) is 0 Å². The van der Waals surface area contributed by atoms with Gasteiger partial charge in [0.1, 0.15) is 0 Å². The van der Waals surface area contributed by atoms with Crippen LogP contribution in [0.1, 0.15) is 57.9 Å². The first-order valence-corrected chi connectivity index (χ1v) is 6.96. The number of hydrogen-bond donors (Lipinski definition) is 2. The highest BCUT2D eigenvalue weighted by Crippen LogP contribution is 2.25. The van der Waals surface area contributed by atoms with E-state index in [1.807, 2.05) is 14.0 Å².